The van der Waals surface area contributed by atoms with Gasteiger partial charge < -0.3 is 11.5 Å². The van der Waals surface area contributed by atoms with Crippen LogP contribution >= 0.6 is 0 Å². The Kier molecular flexibility index (Phi) is 2.84. The van der Waals surface area contributed by atoms with Gasteiger partial charge in [-0.25, -0.2) is 4.98 Å². The number of nitrogen functional groups attached to an aromatic ring is 1. The Morgan fingerprint density at radius 2 is 1.70 bits per heavy atom. The van der Waals surface area contributed by atoms with Gasteiger partial charge in [-0.1, -0.05) is 42.5 Å². The monoisotopic (exact) mass is 263 g/mol. The third kappa shape index (κ3) is 1.97. The van der Waals surface area contributed by atoms with Crippen LogP contribution in [0, 0.1) is 0 Å². The van der Waals surface area contributed by atoms with Crippen LogP contribution in [-0.4, -0.2) is 10.9 Å². The van der Waals surface area contributed by atoms with Crippen molar-refractivity contribution in [3.05, 3.63) is 60.2 Å². The van der Waals surface area contributed by atoms with Gasteiger partial charge in [0.25, 0.3) is 0 Å². The highest BCUT2D eigenvalue weighted by molar-refractivity contribution is 6.04. The summed E-state index contributed by atoms with van der Waals surface area (Å²) in [6.07, 6.45) is 0. The van der Waals surface area contributed by atoms with Gasteiger partial charge in [-0.15, -0.1) is 0 Å². The molecule has 0 saturated heterocycles. The molecule has 1 aromatic heterocycles. The van der Waals surface area contributed by atoms with E-state index in [2.05, 4.69) is 4.98 Å². The normalized spacial score (nSPS) is 10.6. The number of amides is 1. The van der Waals surface area contributed by atoms with Crippen LogP contribution in [0.4, 0.5) is 5.82 Å². The van der Waals surface area contributed by atoms with Crippen molar-refractivity contribution in [3.8, 4) is 11.3 Å². The van der Waals surface area contributed by atoms with E-state index < -0.39 is 5.91 Å². The van der Waals surface area contributed by atoms with E-state index in [1.807, 2.05) is 42.5 Å². The molecule has 1 heterocycles. The van der Waals surface area contributed by atoms with E-state index in [-0.39, 0.29) is 0 Å². The maximum absolute atomic E-state index is 11.6. The number of rotatable bonds is 2. The Hall–Kier alpha value is -2.88. The average Bonchev–Trinajstić information content (AvgIpc) is 2.46. The minimum atomic E-state index is -0.478. The van der Waals surface area contributed by atoms with Gasteiger partial charge in [0.1, 0.15) is 5.82 Å². The van der Waals surface area contributed by atoms with Crippen LogP contribution in [0.1, 0.15) is 10.4 Å². The van der Waals surface area contributed by atoms with Crippen LogP contribution < -0.4 is 11.5 Å². The third-order valence-electron chi connectivity index (χ3n) is 3.21. The predicted octanol–water partition coefficient (Wildman–Crippen LogP) is 2.58. The first-order valence-electron chi connectivity index (χ1n) is 6.21. The number of carbonyl (C=O) groups is 1. The van der Waals surface area contributed by atoms with Crippen molar-refractivity contribution in [2.75, 3.05) is 5.73 Å². The van der Waals surface area contributed by atoms with Gasteiger partial charge in [0.2, 0.25) is 5.91 Å². The smallest absolute Gasteiger partial charge is 0.249 e. The lowest BCUT2D eigenvalue weighted by Crippen LogP contribution is -2.12. The first kappa shape index (κ1) is 12.2. The maximum Gasteiger partial charge on any atom is 0.249 e. The Morgan fingerprint density at radius 3 is 2.50 bits per heavy atom. The molecule has 4 nitrogen and oxygen atoms in total. The van der Waals surface area contributed by atoms with E-state index in [4.69, 9.17) is 11.5 Å². The van der Waals surface area contributed by atoms with Gasteiger partial charge in [-0.2, -0.15) is 0 Å². The summed E-state index contributed by atoms with van der Waals surface area (Å²) in [6, 6.07) is 16.7. The molecule has 98 valence electrons. The zero-order valence-corrected chi connectivity index (χ0v) is 10.7. The van der Waals surface area contributed by atoms with E-state index in [9.17, 15) is 4.79 Å². The van der Waals surface area contributed by atoms with E-state index in [1.54, 1.807) is 12.1 Å². The second-order valence-corrected chi connectivity index (χ2v) is 4.53. The van der Waals surface area contributed by atoms with Crippen LogP contribution in [0.15, 0.2) is 54.6 Å². The molecule has 0 fully saturated rings. The van der Waals surface area contributed by atoms with Crippen molar-refractivity contribution in [2.24, 2.45) is 5.73 Å². The van der Waals surface area contributed by atoms with Crippen molar-refractivity contribution in [3.63, 3.8) is 0 Å². The molecule has 0 aliphatic carbocycles. The van der Waals surface area contributed by atoms with Crippen molar-refractivity contribution >= 4 is 22.5 Å². The predicted molar refractivity (Wildman–Crippen MR) is 80.1 cm³/mol. The zero-order chi connectivity index (χ0) is 14.1. The molecule has 0 unspecified atom stereocenters. The molecule has 0 aliphatic heterocycles. The number of pyridine rings is 1. The highest BCUT2D eigenvalue weighted by Gasteiger charge is 2.13. The Balaban J connectivity index is 2.38. The van der Waals surface area contributed by atoms with Crippen molar-refractivity contribution in [1.82, 2.24) is 4.98 Å². The minimum Gasteiger partial charge on any atom is -0.384 e. The Bertz CT molecular complexity index is 812. The average molecular weight is 263 g/mol. The summed E-state index contributed by atoms with van der Waals surface area (Å²) in [6.45, 7) is 0. The summed E-state index contributed by atoms with van der Waals surface area (Å²) in [5.41, 5.74) is 13.1. The fraction of sp³-hybridized carbons (Fsp3) is 0. The standard InChI is InChI=1S/C16H13N3O/c17-14-9-10-5-1-2-6-11(10)15(19-14)12-7-3-4-8-13(12)16(18)20/h1-9H,(H2,17,19)(H2,18,20). The van der Waals surface area contributed by atoms with Crippen molar-refractivity contribution in [2.45, 2.75) is 0 Å². The molecular formula is C16H13N3O. The Labute approximate surface area is 116 Å². The molecule has 0 saturated carbocycles. The number of nitrogens with two attached hydrogens (primary N) is 2. The molecule has 1 amide bonds. The molecule has 20 heavy (non-hydrogen) atoms. The molecule has 3 aromatic rings. The quantitative estimate of drug-likeness (QED) is 0.745. The van der Waals surface area contributed by atoms with Crippen LogP contribution in [0.2, 0.25) is 0 Å². The lowest BCUT2D eigenvalue weighted by atomic mass is 9.99. The fourth-order valence-electron chi connectivity index (χ4n) is 2.33. The number of nitrogens with zero attached hydrogens (tertiary/aromatic N) is 1. The number of carbonyl (C=O) groups excluding carboxylic acids is 1. The van der Waals surface area contributed by atoms with E-state index in [0.29, 0.717) is 22.6 Å². The van der Waals surface area contributed by atoms with E-state index in [1.165, 1.54) is 0 Å². The van der Waals surface area contributed by atoms with Gasteiger partial charge in [0.15, 0.2) is 0 Å². The second-order valence-electron chi connectivity index (χ2n) is 4.53. The van der Waals surface area contributed by atoms with Gasteiger partial charge >= 0.3 is 0 Å². The molecule has 0 atom stereocenters. The molecule has 2 aromatic carbocycles. The van der Waals surface area contributed by atoms with Gasteiger partial charge in [0, 0.05) is 16.5 Å². The number of hydrogen-bond acceptors (Lipinski definition) is 3. The fourth-order valence-corrected chi connectivity index (χ4v) is 2.33. The SMILES string of the molecule is NC(=O)c1ccccc1-c1nc(N)cc2ccccc12. The Morgan fingerprint density at radius 1 is 1.00 bits per heavy atom. The van der Waals surface area contributed by atoms with Crippen LogP contribution in [0.5, 0.6) is 0 Å². The molecular weight excluding hydrogens is 250 g/mol. The van der Waals surface area contributed by atoms with Crippen molar-refractivity contribution < 1.29 is 4.79 Å². The summed E-state index contributed by atoms with van der Waals surface area (Å²) in [4.78, 5) is 16.0. The molecule has 0 radical (unpaired) electrons. The number of benzene rings is 2. The molecule has 4 N–H and O–H groups in total. The van der Waals surface area contributed by atoms with Crippen molar-refractivity contribution in [1.29, 1.82) is 0 Å². The molecule has 0 aliphatic rings. The number of hydrogen-bond donors (Lipinski definition) is 2. The molecule has 4 heteroatoms. The number of aromatic nitrogens is 1. The zero-order valence-electron chi connectivity index (χ0n) is 10.7. The van der Waals surface area contributed by atoms with Gasteiger partial charge in [-0.3, -0.25) is 4.79 Å². The summed E-state index contributed by atoms with van der Waals surface area (Å²) in [7, 11) is 0. The minimum absolute atomic E-state index is 0.415. The lowest BCUT2D eigenvalue weighted by molar-refractivity contribution is 0.100. The number of fused-ring (bicyclic) bond motifs is 1. The van der Waals surface area contributed by atoms with Crippen LogP contribution in [0.25, 0.3) is 22.0 Å². The maximum atomic E-state index is 11.6. The second kappa shape index (κ2) is 4.66. The summed E-state index contributed by atoms with van der Waals surface area (Å²) in [5.74, 6) is -0.0631. The van der Waals surface area contributed by atoms with Crippen LogP contribution in [-0.2, 0) is 0 Å². The van der Waals surface area contributed by atoms with Gasteiger partial charge in [0.05, 0.1) is 5.69 Å². The van der Waals surface area contributed by atoms with E-state index in [0.717, 1.165) is 10.8 Å². The van der Waals surface area contributed by atoms with Crippen LogP contribution in [0.3, 0.4) is 0 Å². The molecule has 0 bridgehead atoms. The molecule has 3 rings (SSSR count). The lowest BCUT2D eigenvalue weighted by Gasteiger charge is -2.10. The first-order chi connectivity index (χ1) is 9.66. The van der Waals surface area contributed by atoms with Gasteiger partial charge in [-0.05, 0) is 17.5 Å². The summed E-state index contributed by atoms with van der Waals surface area (Å²) in [5, 5.41) is 1.92. The largest absolute Gasteiger partial charge is 0.384 e. The van der Waals surface area contributed by atoms with E-state index >= 15 is 0 Å². The topological polar surface area (TPSA) is 82.0 Å². The number of primary amides is 1. The summed E-state index contributed by atoms with van der Waals surface area (Å²) < 4.78 is 0. The third-order valence-corrected chi connectivity index (χ3v) is 3.21. The molecule has 0 spiro atoms. The highest BCUT2D eigenvalue weighted by Crippen LogP contribution is 2.30. The first-order valence-corrected chi connectivity index (χ1v) is 6.21. The highest BCUT2D eigenvalue weighted by atomic mass is 16.1. The number of anilines is 1. The summed E-state index contributed by atoms with van der Waals surface area (Å²) >= 11 is 0.